The van der Waals surface area contributed by atoms with E-state index in [1.807, 2.05) is 32.0 Å². The van der Waals surface area contributed by atoms with Crippen LogP contribution in [0.3, 0.4) is 0 Å². The summed E-state index contributed by atoms with van der Waals surface area (Å²) < 4.78 is 0. The fraction of sp³-hybridized carbons (Fsp3) is 0.250. The summed E-state index contributed by atoms with van der Waals surface area (Å²) in [6.45, 7) is 5.29. The maximum absolute atomic E-state index is 12.8. The van der Waals surface area contributed by atoms with Crippen molar-refractivity contribution in [3.63, 3.8) is 0 Å². The minimum absolute atomic E-state index is 0.0140. The van der Waals surface area contributed by atoms with Gasteiger partial charge >= 0.3 is 0 Å². The molecule has 25 heavy (non-hydrogen) atoms. The maximum atomic E-state index is 12.8. The molecule has 1 fully saturated rings. The van der Waals surface area contributed by atoms with Gasteiger partial charge in [0.05, 0.1) is 12.1 Å². The van der Waals surface area contributed by atoms with Crippen LogP contribution in [0.15, 0.2) is 42.5 Å². The number of carbonyl (C=O) groups is 3. The van der Waals surface area contributed by atoms with E-state index in [1.54, 1.807) is 24.3 Å². The van der Waals surface area contributed by atoms with Gasteiger partial charge in [-0.3, -0.25) is 14.4 Å². The van der Waals surface area contributed by atoms with Crippen molar-refractivity contribution in [3.05, 3.63) is 59.2 Å². The number of amides is 2. The van der Waals surface area contributed by atoms with Crippen molar-refractivity contribution in [1.82, 2.24) is 0 Å². The van der Waals surface area contributed by atoms with Gasteiger partial charge in [0.25, 0.3) is 5.91 Å². The molecule has 3 rings (SSSR count). The van der Waals surface area contributed by atoms with Crippen molar-refractivity contribution in [2.45, 2.75) is 33.2 Å². The number of rotatable bonds is 4. The molecule has 2 amide bonds. The number of aryl methyl sites for hydroxylation is 2. The quantitative estimate of drug-likeness (QED) is 0.687. The van der Waals surface area contributed by atoms with Gasteiger partial charge in [-0.1, -0.05) is 18.2 Å². The number of hydrogen-bond acceptors (Lipinski definition) is 4. The molecule has 2 aromatic carbocycles. The molecule has 1 heterocycles. The predicted octanol–water partition coefficient (Wildman–Crippen LogP) is 3.25. The Balaban J connectivity index is 1.83. The Hall–Kier alpha value is -2.95. The normalized spacial score (nSPS) is 17.1. The molecule has 0 unspecified atom stereocenters. The molecular formula is C20H20N2O3. The summed E-state index contributed by atoms with van der Waals surface area (Å²) in [5.41, 5.74) is 3.78. The number of imide groups is 1. The molecular weight excluding hydrogens is 316 g/mol. The van der Waals surface area contributed by atoms with Gasteiger partial charge in [0.15, 0.2) is 5.78 Å². The Bertz CT molecular complexity index is 835. The molecule has 5 heteroatoms. The number of nitrogens with one attached hydrogen (secondary N) is 1. The van der Waals surface area contributed by atoms with Gasteiger partial charge in [-0.25, -0.2) is 4.90 Å². The van der Waals surface area contributed by atoms with Crippen LogP contribution < -0.4 is 10.2 Å². The Morgan fingerprint density at radius 1 is 1.04 bits per heavy atom. The summed E-state index contributed by atoms with van der Waals surface area (Å²) in [4.78, 5) is 37.9. The van der Waals surface area contributed by atoms with Gasteiger partial charge in [0.1, 0.15) is 6.04 Å². The first-order valence-corrected chi connectivity index (χ1v) is 8.19. The molecule has 1 aliphatic rings. The highest BCUT2D eigenvalue weighted by molar-refractivity contribution is 6.23. The van der Waals surface area contributed by atoms with E-state index in [-0.39, 0.29) is 24.0 Å². The third-order valence-electron chi connectivity index (χ3n) is 4.44. The zero-order valence-electron chi connectivity index (χ0n) is 14.5. The summed E-state index contributed by atoms with van der Waals surface area (Å²) in [5.74, 6) is -0.474. The zero-order chi connectivity index (χ0) is 18.1. The van der Waals surface area contributed by atoms with Crippen molar-refractivity contribution < 1.29 is 14.4 Å². The molecule has 1 saturated heterocycles. The molecule has 0 aliphatic carbocycles. The fourth-order valence-electron chi connectivity index (χ4n) is 3.14. The Morgan fingerprint density at radius 2 is 1.64 bits per heavy atom. The monoisotopic (exact) mass is 336 g/mol. The lowest BCUT2D eigenvalue weighted by Crippen LogP contribution is -2.35. The van der Waals surface area contributed by atoms with Crippen LogP contribution in [0, 0.1) is 13.8 Å². The van der Waals surface area contributed by atoms with Crippen LogP contribution in [0.4, 0.5) is 11.4 Å². The second kappa shape index (κ2) is 6.51. The number of nitrogens with zero attached hydrogens (tertiary/aromatic N) is 1. The van der Waals surface area contributed by atoms with Crippen molar-refractivity contribution in [3.8, 4) is 0 Å². The molecule has 0 saturated carbocycles. The average Bonchev–Trinajstić information content (AvgIpc) is 2.83. The molecule has 1 N–H and O–H groups in total. The van der Waals surface area contributed by atoms with E-state index in [0.717, 1.165) is 11.1 Å². The zero-order valence-corrected chi connectivity index (χ0v) is 14.5. The van der Waals surface area contributed by atoms with Gasteiger partial charge in [-0.2, -0.15) is 0 Å². The molecule has 1 atom stereocenters. The lowest BCUT2D eigenvalue weighted by Gasteiger charge is -2.20. The topological polar surface area (TPSA) is 66.5 Å². The molecule has 5 nitrogen and oxygen atoms in total. The lowest BCUT2D eigenvalue weighted by atomic mass is 10.1. The number of carbonyl (C=O) groups excluding carboxylic acids is 3. The van der Waals surface area contributed by atoms with Crippen LogP contribution in [-0.2, 0) is 9.59 Å². The van der Waals surface area contributed by atoms with Gasteiger partial charge < -0.3 is 5.32 Å². The van der Waals surface area contributed by atoms with Gasteiger partial charge in [-0.15, -0.1) is 0 Å². The number of benzene rings is 2. The number of hydrogen-bond donors (Lipinski definition) is 1. The highest BCUT2D eigenvalue weighted by Gasteiger charge is 2.40. The van der Waals surface area contributed by atoms with Crippen molar-refractivity contribution in [2.24, 2.45) is 0 Å². The van der Waals surface area contributed by atoms with E-state index < -0.39 is 6.04 Å². The molecule has 0 radical (unpaired) electrons. The number of Topliss-reactive ketones (excluding diaryl/α,β-unsaturated/α-hetero) is 1. The second-order valence-corrected chi connectivity index (χ2v) is 6.34. The number of ketones is 1. The molecule has 128 valence electrons. The SMILES string of the molecule is CC(=O)c1ccc(N[C@@H]2CC(=O)N(c3c(C)cccc3C)C2=O)cc1. The summed E-state index contributed by atoms with van der Waals surface area (Å²) in [7, 11) is 0. The first-order valence-electron chi connectivity index (χ1n) is 8.19. The highest BCUT2D eigenvalue weighted by Crippen LogP contribution is 2.30. The third kappa shape index (κ3) is 3.18. The predicted molar refractivity (Wildman–Crippen MR) is 96.9 cm³/mol. The third-order valence-corrected chi connectivity index (χ3v) is 4.44. The Labute approximate surface area is 146 Å². The van der Waals surface area contributed by atoms with Crippen LogP contribution in [0.5, 0.6) is 0 Å². The van der Waals surface area contributed by atoms with E-state index >= 15 is 0 Å². The van der Waals surface area contributed by atoms with Gasteiger partial charge in [0, 0.05) is 11.3 Å². The minimum atomic E-state index is -0.602. The van der Waals surface area contributed by atoms with Gasteiger partial charge in [0.2, 0.25) is 5.91 Å². The number of anilines is 2. The van der Waals surface area contributed by atoms with E-state index in [4.69, 9.17) is 0 Å². The lowest BCUT2D eigenvalue weighted by molar-refractivity contribution is -0.121. The van der Waals surface area contributed by atoms with Crippen LogP contribution >= 0.6 is 0 Å². The summed E-state index contributed by atoms with van der Waals surface area (Å²) >= 11 is 0. The van der Waals surface area contributed by atoms with Crippen molar-refractivity contribution in [2.75, 3.05) is 10.2 Å². The first-order chi connectivity index (χ1) is 11.9. The Kier molecular flexibility index (Phi) is 4.40. The van der Waals surface area contributed by atoms with E-state index in [2.05, 4.69) is 5.32 Å². The summed E-state index contributed by atoms with van der Waals surface area (Å²) in [5, 5.41) is 3.10. The van der Waals surface area contributed by atoms with Crippen LogP contribution in [0.25, 0.3) is 0 Å². The standard InChI is InChI=1S/C20H20N2O3/c1-12-5-4-6-13(2)19(12)22-18(24)11-17(20(22)25)21-16-9-7-15(8-10-16)14(3)23/h4-10,17,21H,11H2,1-3H3/t17-/m1/s1. The summed E-state index contributed by atoms with van der Waals surface area (Å²) in [6.07, 6.45) is 0.112. The minimum Gasteiger partial charge on any atom is -0.373 e. The highest BCUT2D eigenvalue weighted by atomic mass is 16.2. The maximum Gasteiger partial charge on any atom is 0.256 e. The second-order valence-electron chi connectivity index (χ2n) is 6.34. The Morgan fingerprint density at radius 3 is 2.20 bits per heavy atom. The van der Waals surface area contributed by atoms with Crippen LogP contribution in [0.1, 0.15) is 34.8 Å². The van der Waals surface area contributed by atoms with E-state index in [1.165, 1.54) is 11.8 Å². The van der Waals surface area contributed by atoms with Crippen molar-refractivity contribution in [1.29, 1.82) is 0 Å². The smallest absolute Gasteiger partial charge is 0.256 e. The van der Waals surface area contributed by atoms with Crippen molar-refractivity contribution >= 4 is 29.0 Å². The van der Waals surface area contributed by atoms with Gasteiger partial charge in [-0.05, 0) is 56.2 Å². The van der Waals surface area contributed by atoms with Crippen LogP contribution in [0.2, 0.25) is 0 Å². The fourth-order valence-corrected chi connectivity index (χ4v) is 3.14. The van der Waals surface area contributed by atoms with E-state index in [0.29, 0.717) is 16.9 Å². The molecule has 0 spiro atoms. The first kappa shape index (κ1) is 16.9. The molecule has 0 bridgehead atoms. The number of para-hydroxylation sites is 1. The van der Waals surface area contributed by atoms with Crippen LogP contribution in [-0.4, -0.2) is 23.6 Å². The molecule has 2 aromatic rings. The molecule has 0 aromatic heterocycles. The van der Waals surface area contributed by atoms with E-state index in [9.17, 15) is 14.4 Å². The average molecular weight is 336 g/mol. The largest absolute Gasteiger partial charge is 0.373 e. The summed E-state index contributed by atoms with van der Waals surface area (Å²) in [6, 6.07) is 12.0. The molecule has 1 aliphatic heterocycles.